The van der Waals surface area contributed by atoms with Gasteiger partial charge in [-0.1, -0.05) is 72.8 Å². The van der Waals surface area contributed by atoms with Crippen molar-refractivity contribution in [1.82, 2.24) is 4.90 Å². The lowest BCUT2D eigenvalue weighted by atomic mass is 9.95. The average molecular weight is 648 g/mol. The van der Waals surface area contributed by atoms with Crippen molar-refractivity contribution in [2.24, 2.45) is 0 Å². The molecule has 5 atom stereocenters. The minimum Gasteiger partial charge on any atom is -0.497 e. The van der Waals surface area contributed by atoms with E-state index < -0.39 is 48.4 Å². The maximum absolute atomic E-state index is 13.6. The molecule has 0 saturated carbocycles. The number of esters is 3. The maximum atomic E-state index is 13.6. The molecule has 1 aliphatic heterocycles. The van der Waals surface area contributed by atoms with Crippen molar-refractivity contribution in [3.63, 3.8) is 0 Å². The molecule has 4 rings (SSSR count). The molecule has 1 amide bonds. The zero-order valence-electron chi connectivity index (χ0n) is 27.0. The Morgan fingerprint density at radius 1 is 0.766 bits per heavy atom. The predicted molar refractivity (Wildman–Crippen MR) is 170 cm³/mol. The topological polar surface area (TPSA) is 127 Å². The second kappa shape index (κ2) is 17.3. The summed E-state index contributed by atoms with van der Waals surface area (Å²) in [4.78, 5) is 52.2. The summed E-state index contributed by atoms with van der Waals surface area (Å²) in [7, 11) is 1.56. The molecule has 1 fully saturated rings. The molecule has 3 aromatic rings. The molecule has 3 aromatic carbocycles. The summed E-state index contributed by atoms with van der Waals surface area (Å²) in [5, 5.41) is 0. The Morgan fingerprint density at radius 3 is 1.89 bits per heavy atom. The predicted octanol–water partition coefficient (Wildman–Crippen LogP) is 4.39. The molecule has 11 heteroatoms. The van der Waals surface area contributed by atoms with Crippen LogP contribution in [-0.4, -0.2) is 72.9 Å². The number of hydrogen-bond donors (Lipinski definition) is 0. The lowest BCUT2D eigenvalue weighted by Gasteiger charge is -2.40. The highest BCUT2D eigenvalue weighted by Gasteiger charge is 2.52. The number of carbonyl (C=O) groups excluding carboxylic acids is 4. The third-order valence-electron chi connectivity index (χ3n) is 7.64. The van der Waals surface area contributed by atoms with E-state index in [-0.39, 0.29) is 38.7 Å². The lowest BCUT2D eigenvalue weighted by Crippen LogP contribution is -2.57. The van der Waals surface area contributed by atoms with Crippen LogP contribution in [0.4, 0.5) is 0 Å². The second-order valence-corrected chi connectivity index (χ2v) is 11.2. The summed E-state index contributed by atoms with van der Waals surface area (Å²) < 4.78 is 35.3. The molecule has 1 aliphatic rings. The van der Waals surface area contributed by atoms with Gasteiger partial charge in [0.25, 0.3) is 0 Å². The number of benzene rings is 3. The number of methoxy groups -OCH3 is 1. The summed E-state index contributed by atoms with van der Waals surface area (Å²) in [5.41, 5.74) is 2.44. The third kappa shape index (κ3) is 10.4. The van der Waals surface area contributed by atoms with Gasteiger partial charge in [-0.2, -0.15) is 0 Å². The number of rotatable bonds is 16. The lowest BCUT2D eigenvalue weighted by molar-refractivity contribution is -0.195. The minimum atomic E-state index is -1.21. The number of carbonyl (C=O) groups is 4. The molecule has 0 unspecified atom stereocenters. The Balaban J connectivity index is 1.78. The minimum absolute atomic E-state index is 0.0753. The Morgan fingerprint density at radius 2 is 1.36 bits per heavy atom. The van der Waals surface area contributed by atoms with Crippen LogP contribution in [0.1, 0.15) is 43.9 Å². The highest BCUT2D eigenvalue weighted by Crippen LogP contribution is 2.33. The Kier molecular flexibility index (Phi) is 12.9. The fourth-order valence-corrected chi connectivity index (χ4v) is 5.53. The van der Waals surface area contributed by atoms with Crippen molar-refractivity contribution in [2.45, 2.75) is 77.4 Å². The van der Waals surface area contributed by atoms with Crippen LogP contribution < -0.4 is 4.74 Å². The molecular weight excluding hydrogens is 606 g/mol. The monoisotopic (exact) mass is 647 g/mol. The first kappa shape index (κ1) is 35.1. The molecule has 0 spiro atoms. The fraction of sp³-hybridized carbons (Fsp3) is 0.389. The van der Waals surface area contributed by atoms with Crippen molar-refractivity contribution < 1.29 is 47.6 Å². The van der Waals surface area contributed by atoms with E-state index in [2.05, 4.69) is 0 Å². The quantitative estimate of drug-likeness (QED) is 0.163. The molecule has 11 nitrogen and oxygen atoms in total. The van der Waals surface area contributed by atoms with Crippen LogP contribution in [0, 0.1) is 0 Å². The number of likely N-dealkylation sites (tertiary alicyclic amines) is 1. The van der Waals surface area contributed by atoms with Gasteiger partial charge in [0, 0.05) is 27.3 Å². The molecule has 250 valence electrons. The third-order valence-corrected chi connectivity index (χ3v) is 7.64. The zero-order chi connectivity index (χ0) is 33.8. The first-order valence-electron chi connectivity index (χ1n) is 15.4. The number of hydrogen-bond acceptors (Lipinski definition) is 10. The number of amides is 1. The number of nitrogens with zero attached hydrogens (tertiary/aromatic N) is 1. The van der Waals surface area contributed by atoms with Crippen LogP contribution in [0.5, 0.6) is 5.75 Å². The van der Waals surface area contributed by atoms with Crippen molar-refractivity contribution in [3.05, 3.63) is 102 Å². The van der Waals surface area contributed by atoms with E-state index in [0.717, 1.165) is 16.7 Å². The van der Waals surface area contributed by atoms with E-state index in [4.69, 9.17) is 28.4 Å². The SMILES string of the molecule is COc1ccc(CN2C(=O)C[C@H](OC(C)=O)[C@@H]2[C@@H](OC(C)=O)[C@H](OCc2ccccc2)[C@H](COC(C)=O)OCc2ccccc2)cc1. The summed E-state index contributed by atoms with van der Waals surface area (Å²) >= 11 is 0. The van der Waals surface area contributed by atoms with Crippen LogP contribution in [0.3, 0.4) is 0 Å². The van der Waals surface area contributed by atoms with E-state index in [0.29, 0.717) is 5.75 Å². The van der Waals surface area contributed by atoms with Crippen LogP contribution in [0.15, 0.2) is 84.9 Å². The van der Waals surface area contributed by atoms with Crippen LogP contribution in [0.25, 0.3) is 0 Å². The van der Waals surface area contributed by atoms with E-state index in [1.165, 1.54) is 25.7 Å². The first-order chi connectivity index (χ1) is 22.6. The van der Waals surface area contributed by atoms with Crippen molar-refractivity contribution in [2.75, 3.05) is 13.7 Å². The Hall–Kier alpha value is -4.74. The van der Waals surface area contributed by atoms with Crippen LogP contribution in [-0.2, 0) is 62.6 Å². The van der Waals surface area contributed by atoms with Gasteiger partial charge >= 0.3 is 17.9 Å². The van der Waals surface area contributed by atoms with Gasteiger partial charge in [0.1, 0.15) is 36.7 Å². The maximum Gasteiger partial charge on any atom is 0.303 e. The molecular formula is C36H41NO10. The summed E-state index contributed by atoms with van der Waals surface area (Å²) in [5.74, 6) is -1.45. The van der Waals surface area contributed by atoms with E-state index in [1.54, 1.807) is 19.2 Å². The molecule has 0 radical (unpaired) electrons. The van der Waals surface area contributed by atoms with Crippen molar-refractivity contribution in [3.8, 4) is 5.75 Å². The van der Waals surface area contributed by atoms with Gasteiger partial charge in [-0.25, -0.2) is 0 Å². The standard InChI is InChI=1S/C36H41NO10/c1-24(38)43-23-32(44-21-28-11-7-5-8-12-28)35(45-22-29-13-9-6-10-14-29)36(47-26(3)40)34-31(46-25(2)39)19-33(41)37(34)20-27-15-17-30(42-4)18-16-27/h5-18,31-32,34-36H,19-23H2,1-4H3/t31-,32-,34+,35+,36+/m0/s1. The Labute approximate surface area is 274 Å². The van der Waals surface area contributed by atoms with Gasteiger partial charge in [0.2, 0.25) is 5.91 Å². The second-order valence-electron chi connectivity index (χ2n) is 11.2. The summed E-state index contributed by atoms with van der Waals surface area (Å²) in [6.07, 6.45) is -4.38. The van der Waals surface area contributed by atoms with Gasteiger partial charge in [-0.05, 0) is 28.8 Å². The largest absolute Gasteiger partial charge is 0.497 e. The number of ether oxygens (including phenoxy) is 6. The van der Waals surface area contributed by atoms with Gasteiger partial charge in [0.15, 0.2) is 6.10 Å². The van der Waals surface area contributed by atoms with Crippen molar-refractivity contribution in [1.29, 1.82) is 0 Å². The zero-order valence-corrected chi connectivity index (χ0v) is 27.0. The van der Waals surface area contributed by atoms with Gasteiger partial charge in [-0.15, -0.1) is 0 Å². The smallest absolute Gasteiger partial charge is 0.303 e. The molecule has 0 N–H and O–H groups in total. The molecule has 1 heterocycles. The average Bonchev–Trinajstić information content (AvgIpc) is 3.35. The first-order valence-corrected chi connectivity index (χ1v) is 15.4. The molecule has 0 aliphatic carbocycles. The summed E-state index contributed by atoms with van der Waals surface area (Å²) in [6.45, 7) is 3.86. The van der Waals surface area contributed by atoms with Gasteiger partial charge in [0.05, 0.1) is 26.7 Å². The molecule has 47 heavy (non-hydrogen) atoms. The van der Waals surface area contributed by atoms with Crippen molar-refractivity contribution >= 4 is 23.8 Å². The fourth-order valence-electron chi connectivity index (χ4n) is 5.53. The Bertz CT molecular complexity index is 1460. The van der Waals surface area contributed by atoms with E-state index >= 15 is 0 Å². The molecule has 0 aromatic heterocycles. The normalized spacial score (nSPS) is 17.8. The summed E-state index contributed by atoms with van der Waals surface area (Å²) in [6, 6.07) is 25.0. The van der Waals surface area contributed by atoms with Gasteiger partial charge in [-0.3, -0.25) is 19.2 Å². The van der Waals surface area contributed by atoms with Gasteiger partial charge < -0.3 is 33.3 Å². The van der Waals surface area contributed by atoms with E-state index in [1.807, 2.05) is 72.8 Å². The molecule has 0 bridgehead atoms. The highest BCUT2D eigenvalue weighted by molar-refractivity contribution is 5.81. The molecule has 1 saturated heterocycles. The highest BCUT2D eigenvalue weighted by atomic mass is 16.6. The van der Waals surface area contributed by atoms with E-state index in [9.17, 15) is 19.2 Å². The van der Waals surface area contributed by atoms with Crippen LogP contribution >= 0.6 is 0 Å². The van der Waals surface area contributed by atoms with Crippen LogP contribution in [0.2, 0.25) is 0 Å².